The molecule has 0 saturated heterocycles. The lowest BCUT2D eigenvalue weighted by Crippen LogP contribution is -2.20. The van der Waals surface area contributed by atoms with Crippen molar-refractivity contribution in [3.05, 3.63) is 207 Å². The van der Waals surface area contributed by atoms with E-state index in [1.54, 1.807) is 0 Å². The zero-order valence-electron chi connectivity index (χ0n) is 38.7. The van der Waals surface area contributed by atoms with Gasteiger partial charge < -0.3 is 4.42 Å². The van der Waals surface area contributed by atoms with E-state index >= 15 is 0 Å². The molecule has 0 fully saturated rings. The van der Waals surface area contributed by atoms with Crippen molar-refractivity contribution in [2.75, 3.05) is 0 Å². The van der Waals surface area contributed by atoms with Crippen LogP contribution < -0.4 is 15.9 Å². The van der Waals surface area contributed by atoms with E-state index in [2.05, 4.69) is 178 Å². The molecule has 0 N–H and O–H groups in total. The summed E-state index contributed by atoms with van der Waals surface area (Å²) in [7, 11) is 2.71. The van der Waals surface area contributed by atoms with Crippen molar-refractivity contribution >= 4 is 49.8 Å². The minimum absolute atomic E-state index is 0.0406. The van der Waals surface area contributed by atoms with Crippen molar-refractivity contribution in [3.8, 4) is 11.1 Å². The number of furan rings is 1. The number of fused-ring (bicyclic) bond motifs is 4. The summed E-state index contributed by atoms with van der Waals surface area (Å²) in [6.45, 7) is 37.7. The van der Waals surface area contributed by atoms with Crippen LogP contribution in [-0.2, 0) is 5.41 Å². The van der Waals surface area contributed by atoms with Crippen molar-refractivity contribution in [1.29, 1.82) is 0 Å². The molecule has 1 aromatic heterocycles. The molecule has 6 aromatic rings. The summed E-state index contributed by atoms with van der Waals surface area (Å²) in [4.78, 5) is 0. The van der Waals surface area contributed by atoms with Crippen molar-refractivity contribution in [2.45, 2.75) is 93.9 Å². The molecule has 0 radical (unpaired) electrons. The summed E-state index contributed by atoms with van der Waals surface area (Å²) in [5, 5.41) is 3.34. The SMILES string of the molecule is C=C/C(CC)=c1/oc2ccccc2c1=C.C=Cc1c(C)cc2c(c1C=C)-c1ccc(C)cc1C2(C)C.CC(C)C1=CCCC=C1.Cc1ccc(P)c(C)c1.Cc1ccccc1. The third-order valence-corrected chi connectivity index (χ3v) is 12.1. The van der Waals surface area contributed by atoms with Gasteiger partial charge in [-0.2, -0.15) is 0 Å². The summed E-state index contributed by atoms with van der Waals surface area (Å²) >= 11 is 0. The van der Waals surface area contributed by atoms with Gasteiger partial charge in [0.15, 0.2) is 0 Å². The van der Waals surface area contributed by atoms with E-state index in [0.29, 0.717) is 5.92 Å². The fourth-order valence-corrected chi connectivity index (χ4v) is 8.02. The summed E-state index contributed by atoms with van der Waals surface area (Å²) < 4.78 is 5.77. The molecule has 1 heterocycles. The zero-order chi connectivity index (χ0) is 44.9. The molecule has 8 rings (SSSR count). The minimum Gasteiger partial charge on any atom is -0.456 e. The van der Waals surface area contributed by atoms with Crippen LogP contribution in [0.2, 0.25) is 0 Å². The van der Waals surface area contributed by atoms with Crippen molar-refractivity contribution in [3.63, 3.8) is 0 Å². The van der Waals surface area contributed by atoms with E-state index in [1.807, 2.05) is 60.7 Å². The molecular weight excluding hydrogens is 756 g/mol. The van der Waals surface area contributed by atoms with Gasteiger partial charge in [0, 0.05) is 16.0 Å². The van der Waals surface area contributed by atoms with Crippen LogP contribution in [0.4, 0.5) is 0 Å². The summed E-state index contributed by atoms with van der Waals surface area (Å²) in [6.07, 6.45) is 16.0. The second-order valence-corrected chi connectivity index (χ2v) is 17.5. The predicted octanol–water partition coefficient (Wildman–Crippen LogP) is 15.2. The number of hydrogen-bond donors (Lipinski definition) is 0. The van der Waals surface area contributed by atoms with Gasteiger partial charge in [0.05, 0.1) is 0 Å². The van der Waals surface area contributed by atoms with Crippen molar-refractivity contribution < 1.29 is 4.42 Å². The Morgan fingerprint density at radius 1 is 0.738 bits per heavy atom. The smallest absolute Gasteiger partial charge is 0.137 e. The molecular formula is C59H69OP. The lowest BCUT2D eigenvalue weighted by atomic mass is 9.80. The van der Waals surface area contributed by atoms with Crippen LogP contribution in [0.25, 0.3) is 46.4 Å². The van der Waals surface area contributed by atoms with Gasteiger partial charge >= 0.3 is 0 Å². The maximum absolute atomic E-state index is 5.77. The Bertz CT molecular complexity index is 2640. The fraction of sp³-hybridized carbons (Fsp3) is 0.254. The molecule has 1 nitrogen and oxygen atoms in total. The van der Waals surface area contributed by atoms with Gasteiger partial charge in [-0.1, -0.05) is 205 Å². The zero-order valence-corrected chi connectivity index (χ0v) is 39.9. The first-order valence-electron chi connectivity index (χ1n) is 21.7. The minimum atomic E-state index is 0.0406. The summed E-state index contributed by atoms with van der Waals surface area (Å²) in [6, 6.07) is 33.7. The topological polar surface area (TPSA) is 13.1 Å². The fourth-order valence-electron chi connectivity index (χ4n) is 7.84. The number of hydrogen-bond acceptors (Lipinski definition) is 1. The molecule has 5 aromatic carbocycles. The second kappa shape index (κ2) is 22.4. The van der Waals surface area contributed by atoms with Gasteiger partial charge in [0.25, 0.3) is 0 Å². The van der Waals surface area contributed by atoms with Crippen LogP contribution in [0.3, 0.4) is 0 Å². The first-order valence-corrected chi connectivity index (χ1v) is 22.2. The van der Waals surface area contributed by atoms with Crippen molar-refractivity contribution in [1.82, 2.24) is 0 Å². The molecule has 316 valence electrons. The molecule has 0 spiro atoms. The van der Waals surface area contributed by atoms with E-state index in [0.717, 1.165) is 33.6 Å². The Balaban J connectivity index is 0.000000179. The molecule has 2 aliphatic rings. The van der Waals surface area contributed by atoms with E-state index in [-0.39, 0.29) is 5.41 Å². The number of rotatable bonds is 5. The highest BCUT2D eigenvalue weighted by Crippen LogP contribution is 2.51. The third-order valence-electron chi connectivity index (χ3n) is 11.5. The van der Waals surface area contributed by atoms with Gasteiger partial charge in [0.2, 0.25) is 0 Å². The average molecular weight is 825 g/mol. The maximum Gasteiger partial charge on any atom is 0.137 e. The van der Waals surface area contributed by atoms with Gasteiger partial charge in [-0.25, -0.2) is 0 Å². The molecule has 1 atom stereocenters. The highest BCUT2D eigenvalue weighted by Gasteiger charge is 2.37. The van der Waals surface area contributed by atoms with Crippen LogP contribution >= 0.6 is 9.24 Å². The number of allylic oxidation sites excluding steroid dienone is 5. The average Bonchev–Trinajstić information content (AvgIpc) is 3.69. The first kappa shape index (κ1) is 48.2. The second-order valence-electron chi connectivity index (χ2n) is 16.9. The monoisotopic (exact) mass is 825 g/mol. The van der Waals surface area contributed by atoms with E-state index in [9.17, 15) is 0 Å². The van der Waals surface area contributed by atoms with Gasteiger partial charge in [-0.3, -0.25) is 0 Å². The van der Waals surface area contributed by atoms with Crippen LogP contribution in [0.1, 0.15) is 104 Å². The maximum atomic E-state index is 5.77. The van der Waals surface area contributed by atoms with E-state index < -0.39 is 0 Å². The molecule has 2 aliphatic carbocycles. The lowest BCUT2D eigenvalue weighted by molar-refractivity contribution is 0.571. The largest absolute Gasteiger partial charge is 0.456 e. The quantitative estimate of drug-likeness (QED) is 0.158. The van der Waals surface area contributed by atoms with Gasteiger partial charge in [-0.15, -0.1) is 9.24 Å². The Labute approximate surface area is 371 Å². The summed E-state index contributed by atoms with van der Waals surface area (Å²) in [5.74, 6) is 0.710. The molecule has 2 heteroatoms. The number of benzene rings is 5. The Kier molecular flexibility index (Phi) is 17.7. The van der Waals surface area contributed by atoms with Crippen LogP contribution in [0.5, 0.6) is 0 Å². The van der Waals surface area contributed by atoms with Gasteiger partial charge in [-0.05, 0) is 127 Å². The molecule has 1 unspecified atom stereocenters. The van der Waals surface area contributed by atoms with Crippen LogP contribution in [0.15, 0.2) is 151 Å². The molecule has 0 bridgehead atoms. The predicted molar refractivity (Wildman–Crippen MR) is 276 cm³/mol. The van der Waals surface area contributed by atoms with Crippen LogP contribution in [-0.4, -0.2) is 0 Å². The summed E-state index contributed by atoms with van der Waals surface area (Å²) in [5.41, 5.74) is 18.9. The number of para-hydroxylation sites is 1. The van der Waals surface area contributed by atoms with Gasteiger partial charge in [0.1, 0.15) is 11.0 Å². The third kappa shape index (κ3) is 12.1. The Hall–Kier alpha value is -5.49. The first-order chi connectivity index (χ1) is 29.1. The standard InChI is InChI=1S/C21H22.C14H14O.C9H14.C8H11P.C7H8/c1-7-15-14(4)12-19-20(16(15)8-2)17-10-9-13(3)11-18(17)21(19,5)6;1-4-11(5-2)14-10(3)12-8-6-7-9-13(12)15-14;1-8(2)9-6-4-3-5-7-9;1-6-3-4-8(9)7(2)5-6;1-7-5-3-2-4-6-7/h7-12H,1-2H2,3-6H3;4,6-9H,1,3,5H2,2H3;4,6-8H,3,5H2,1-2H3;3-5H,9H2,1-2H3;2-6H,1H3/b;14-11-;;;. The van der Waals surface area contributed by atoms with Crippen LogP contribution in [0, 0.1) is 40.5 Å². The molecule has 0 amide bonds. The highest BCUT2D eigenvalue weighted by molar-refractivity contribution is 7.27. The normalized spacial score (nSPS) is 13.3. The lowest BCUT2D eigenvalue weighted by Gasteiger charge is -2.23. The van der Waals surface area contributed by atoms with E-state index in [1.165, 1.54) is 84.9 Å². The number of aryl methyl sites for hydroxylation is 5. The Morgan fingerprint density at radius 3 is 1.89 bits per heavy atom. The molecule has 0 saturated carbocycles. The van der Waals surface area contributed by atoms with Crippen molar-refractivity contribution in [2.24, 2.45) is 5.92 Å². The molecule has 0 aliphatic heterocycles. The molecule has 61 heavy (non-hydrogen) atoms. The highest BCUT2D eigenvalue weighted by atomic mass is 31.0. The van der Waals surface area contributed by atoms with E-state index in [4.69, 9.17) is 4.42 Å². The Morgan fingerprint density at radius 2 is 1.38 bits per heavy atom.